The first-order chi connectivity index (χ1) is 7.67. The van der Waals surface area contributed by atoms with Gasteiger partial charge in [-0.1, -0.05) is 24.9 Å². The first-order valence-electron chi connectivity index (χ1n) is 5.30. The number of anilines is 2. The van der Waals surface area contributed by atoms with Crippen LogP contribution in [0, 0.1) is 5.92 Å². The van der Waals surface area contributed by atoms with Gasteiger partial charge in [0.1, 0.15) is 10.8 Å². The average Bonchev–Trinajstić information content (AvgIpc) is 2.28. The second-order valence-corrected chi connectivity index (χ2v) is 4.00. The Balaban J connectivity index is 2.55. The van der Waals surface area contributed by atoms with Crippen LogP contribution in [0.2, 0.25) is 5.02 Å². The highest BCUT2D eigenvalue weighted by molar-refractivity contribution is 6.32. The van der Waals surface area contributed by atoms with E-state index in [-0.39, 0.29) is 12.6 Å². The van der Waals surface area contributed by atoms with Crippen LogP contribution >= 0.6 is 11.6 Å². The lowest BCUT2D eigenvalue weighted by Crippen LogP contribution is -2.16. The molecule has 0 aliphatic carbocycles. The van der Waals surface area contributed by atoms with Gasteiger partial charge in [0.25, 0.3) is 0 Å². The molecule has 16 heavy (non-hydrogen) atoms. The van der Waals surface area contributed by atoms with Crippen molar-refractivity contribution in [2.75, 3.05) is 24.2 Å². The molecule has 1 atom stereocenters. The number of hydrogen-bond acceptors (Lipinski definition) is 5. The number of nitrogen functional groups attached to an aromatic ring is 1. The van der Waals surface area contributed by atoms with Crippen LogP contribution in [0.4, 0.5) is 11.8 Å². The quantitative estimate of drug-likeness (QED) is 0.707. The zero-order valence-corrected chi connectivity index (χ0v) is 10.0. The van der Waals surface area contributed by atoms with E-state index in [0.29, 0.717) is 23.3 Å². The number of rotatable bonds is 6. The smallest absolute Gasteiger partial charge is 0.222 e. The second kappa shape index (κ2) is 6.50. The van der Waals surface area contributed by atoms with E-state index in [4.69, 9.17) is 22.4 Å². The fourth-order valence-corrected chi connectivity index (χ4v) is 1.54. The summed E-state index contributed by atoms with van der Waals surface area (Å²) in [5.41, 5.74) is 5.46. The van der Waals surface area contributed by atoms with Gasteiger partial charge in [-0.05, 0) is 12.3 Å². The van der Waals surface area contributed by atoms with Gasteiger partial charge < -0.3 is 16.2 Å². The highest BCUT2D eigenvalue weighted by Gasteiger charge is 2.08. The van der Waals surface area contributed by atoms with Crippen molar-refractivity contribution in [2.24, 2.45) is 5.92 Å². The number of nitrogens with one attached hydrogen (secondary N) is 1. The topological polar surface area (TPSA) is 84.1 Å². The summed E-state index contributed by atoms with van der Waals surface area (Å²) < 4.78 is 0. The summed E-state index contributed by atoms with van der Waals surface area (Å²) in [5, 5.41) is 12.4. The Hall–Kier alpha value is -1.07. The summed E-state index contributed by atoms with van der Waals surface area (Å²) in [6, 6.07) is 0. The fraction of sp³-hybridized carbons (Fsp3) is 0.600. The van der Waals surface area contributed by atoms with Gasteiger partial charge in [0, 0.05) is 13.2 Å². The van der Waals surface area contributed by atoms with Gasteiger partial charge in [-0.25, -0.2) is 4.98 Å². The highest BCUT2D eigenvalue weighted by atomic mass is 35.5. The van der Waals surface area contributed by atoms with Crippen molar-refractivity contribution >= 4 is 23.4 Å². The van der Waals surface area contributed by atoms with E-state index in [0.717, 1.165) is 12.8 Å². The molecule has 1 rings (SSSR count). The lowest BCUT2D eigenvalue weighted by molar-refractivity contribution is 0.258. The van der Waals surface area contributed by atoms with Crippen molar-refractivity contribution in [3.8, 4) is 0 Å². The van der Waals surface area contributed by atoms with Crippen LogP contribution in [0.3, 0.4) is 0 Å². The molecule has 0 saturated heterocycles. The maximum absolute atomic E-state index is 8.86. The van der Waals surface area contributed by atoms with E-state index in [1.165, 1.54) is 6.20 Å². The van der Waals surface area contributed by atoms with E-state index in [1.807, 2.05) is 0 Å². The maximum atomic E-state index is 8.86. The number of nitrogens with zero attached hydrogens (tertiary/aromatic N) is 2. The van der Waals surface area contributed by atoms with E-state index in [1.54, 1.807) is 0 Å². The molecule has 1 aromatic rings. The number of halogens is 1. The second-order valence-electron chi connectivity index (χ2n) is 3.59. The molecule has 0 radical (unpaired) electrons. The standard InChI is InChI=1S/C10H17ClN4O/c1-2-7(3-4-16)5-13-9-8(11)6-14-10(12)15-9/h6-7,16H,2-5H2,1H3,(H3,12,13,14,15). The van der Waals surface area contributed by atoms with Crippen LogP contribution in [0.1, 0.15) is 19.8 Å². The van der Waals surface area contributed by atoms with E-state index in [2.05, 4.69) is 22.2 Å². The van der Waals surface area contributed by atoms with Crippen molar-refractivity contribution in [1.29, 1.82) is 0 Å². The van der Waals surface area contributed by atoms with Crippen LogP contribution in [-0.2, 0) is 0 Å². The monoisotopic (exact) mass is 244 g/mol. The molecular formula is C10H17ClN4O. The van der Waals surface area contributed by atoms with E-state index >= 15 is 0 Å². The molecule has 1 heterocycles. The van der Waals surface area contributed by atoms with Crippen molar-refractivity contribution in [2.45, 2.75) is 19.8 Å². The number of aliphatic hydroxyl groups excluding tert-OH is 1. The van der Waals surface area contributed by atoms with Crippen LogP contribution in [0.15, 0.2) is 6.20 Å². The first-order valence-corrected chi connectivity index (χ1v) is 5.67. The van der Waals surface area contributed by atoms with Gasteiger partial charge in [-0.3, -0.25) is 0 Å². The summed E-state index contributed by atoms with van der Waals surface area (Å²) in [6.07, 6.45) is 3.23. The maximum Gasteiger partial charge on any atom is 0.222 e. The molecule has 90 valence electrons. The summed E-state index contributed by atoms with van der Waals surface area (Å²) >= 11 is 5.91. The molecule has 0 aliphatic rings. The predicted octanol–water partition coefficient (Wildman–Crippen LogP) is 1.53. The molecule has 0 amide bonds. The predicted molar refractivity (Wildman–Crippen MR) is 65.4 cm³/mol. The molecule has 0 aromatic carbocycles. The lowest BCUT2D eigenvalue weighted by Gasteiger charge is -2.15. The minimum absolute atomic E-state index is 0.194. The Morgan fingerprint density at radius 1 is 1.62 bits per heavy atom. The largest absolute Gasteiger partial charge is 0.396 e. The SMILES string of the molecule is CCC(CCO)CNc1nc(N)ncc1Cl. The molecule has 0 bridgehead atoms. The van der Waals surface area contributed by atoms with Gasteiger partial charge in [-0.2, -0.15) is 4.98 Å². The molecule has 5 nitrogen and oxygen atoms in total. The van der Waals surface area contributed by atoms with E-state index < -0.39 is 0 Å². The van der Waals surface area contributed by atoms with Crippen molar-refractivity contribution in [3.05, 3.63) is 11.2 Å². The lowest BCUT2D eigenvalue weighted by atomic mass is 10.0. The van der Waals surface area contributed by atoms with Crippen molar-refractivity contribution in [1.82, 2.24) is 9.97 Å². The first kappa shape index (κ1) is 13.0. The normalized spacial score (nSPS) is 12.4. The number of aliphatic hydroxyl groups is 1. The Bertz CT molecular complexity index is 335. The fourth-order valence-electron chi connectivity index (χ4n) is 1.38. The van der Waals surface area contributed by atoms with Crippen LogP contribution in [0.25, 0.3) is 0 Å². The van der Waals surface area contributed by atoms with Gasteiger partial charge >= 0.3 is 0 Å². The summed E-state index contributed by atoms with van der Waals surface area (Å²) in [7, 11) is 0. The molecule has 1 aromatic heterocycles. The minimum Gasteiger partial charge on any atom is -0.396 e. The third-order valence-electron chi connectivity index (χ3n) is 2.44. The molecule has 0 spiro atoms. The molecule has 4 N–H and O–H groups in total. The number of aromatic nitrogens is 2. The molecule has 0 aliphatic heterocycles. The van der Waals surface area contributed by atoms with Crippen LogP contribution in [0.5, 0.6) is 0 Å². The zero-order valence-electron chi connectivity index (χ0n) is 9.28. The third kappa shape index (κ3) is 3.83. The van der Waals surface area contributed by atoms with Gasteiger partial charge in [0.05, 0.1) is 6.20 Å². The van der Waals surface area contributed by atoms with Crippen molar-refractivity contribution < 1.29 is 5.11 Å². The van der Waals surface area contributed by atoms with Crippen LogP contribution < -0.4 is 11.1 Å². The third-order valence-corrected chi connectivity index (χ3v) is 2.71. The number of hydrogen-bond donors (Lipinski definition) is 3. The zero-order chi connectivity index (χ0) is 12.0. The Morgan fingerprint density at radius 3 is 3.00 bits per heavy atom. The molecular weight excluding hydrogens is 228 g/mol. The summed E-state index contributed by atoms with van der Waals surface area (Å²) in [6.45, 7) is 2.99. The summed E-state index contributed by atoms with van der Waals surface area (Å²) in [4.78, 5) is 7.78. The molecule has 0 fully saturated rings. The number of nitrogens with two attached hydrogens (primary N) is 1. The molecule has 6 heteroatoms. The summed E-state index contributed by atoms with van der Waals surface area (Å²) in [5.74, 6) is 1.14. The Labute approximate surface area is 100 Å². The van der Waals surface area contributed by atoms with Gasteiger partial charge in [0.2, 0.25) is 5.95 Å². The van der Waals surface area contributed by atoms with E-state index in [9.17, 15) is 0 Å². The Morgan fingerprint density at radius 2 is 2.38 bits per heavy atom. The average molecular weight is 245 g/mol. The molecule has 1 unspecified atom stereocenters. The molecule has 0 saturated carbocycles. The minimum atomic E-state index is 0.194. The Kier molecular flexibility index (Phi) is 5.28. The van der Waals surface area contributed by atoms with Gasteiger partial charge in [-0.15, -0.1) is 0 Å². The van der Waals surface area contributed by atoms with Crippen LogP contribution in [-0.4, -0.2) is 28.2 Å². The van der Waals surface area contributed by atoms with Crippen molar-refractivity contribution in [3.63, 3.8) is 0 Å². The van der Waals surface area contributed by atoms with Gasteiger partial charge in [0.15, 0.2) is 0 Å². The highest BCUT2D eigenvalue weighted by Crippen LogP contribution is 2.19.